The Balaban J connectivity index is 1.69. The first-order valence-corrected chi connectivity index (χ1v) is 7.14. The maximum absolute atomic E-state index is 6.22. The summed E-state index contributed by atoms with van der Waals surface area (Å²) in [6.07, 6.45) is 8.97. The highest BCUT2D eigenvalue weighted by atomic mass is 14.6. The Kier molecular flexibility index (Phi) is 4.61. The normalized spacial score (nSPS) is 19.5. The Morgan fingerprint density at radius 1 is 1.24 bits per heavy atom. The van der Waals surface area contributed by atoms with Gasteiger partial charge in [-0.25, -0.2) is 0 Å². The molecule has 1 aliphatic rings. The fourth-order valence-electron chi connectivity index (χ4n) is 2.89. The molecule has 0 saturated heterocycles. The van der Waals surface area contributed by atoms with Crippen LogP contribution in [0.3, 0.4) is 0 Å². The number of nitrogens with two attached hydrogens (primary N) is 1. The van der Waals surface area contributed by atoms with Crippen molar-refractivity contribution >= 4 is 0 Å². The van der Waals surface area contributed by atoms with Crippen LogP contribution in [0.4, 0.5) is 0 Å². The van der Waals surface area contributed by atoms with Crippen molar-refractivity contribution in [1.29, 1.82) is 0 Å². The molecule has 1 nitrogen and oxygen atoms in total. The molecular formula is C16H25N. The monoisotopic (exact) mass is 231 g/mol. The van der Waals surface area contributed by atoms with Gasteiger partial charge in [0, 0.05) is 6.04 Å². The highest BCUT2D eigenvalue weighted by Crippen LogP contribution is 2.38. The van der Waals surface area contributed by atoms with Crippen LogP contribution in [-0.2, 0) is 6.42 Å². The summed E-state index contributed by atoms with van der Waals surface area (Å²) in [5.41, 5.74) is 9.31. The Morgan fingerprint density at radius 3 is 2.82 bits per heavy atom. The molecule has 2 atom stereocenters. The van der Waals surface area contributed by atoms with Gasteiger partial charge in [0.15, 0.2) is 0 Å². The van der Waals surface area contributed by atoms with Gasteiger partial charge in [0.2, 0.25) is 0 Å². The highest BCUT2D eigenvalue weighted by Gasteiger charge is 2.26. The smallest absolute Gasteiger partial charge is 0.00447 e. The Morgan fingerprint density at radius 2 is 2.06 bits per heavy atom. The van der Waals surface area contributed by atoms with Gasteiger partial charge < -0.3 is 5.73 Å². The largest absolute Gasteiger partial charge is 0.328 e. The maximum Gasteiger partial charge on any atom is 0.00447 e. The van der Waals surface area contributed by atoms with E-state index in [0.717, 1.165) is 5.92 Å². The topological polar surface area (TPSA) is 26.0 Å². The molecule has 0 aliphatic heterocycles. The lowest BCUT2D eigenvalue weighted by atomic mass is 9.74. The van der Waals surface area contributed by atoms with Crippen molar-refractivity contribution in [2.24, 2.45) is 5.73 Å². The number of hydrogen-bond donors (Lipinski definition) is 1. The molecule has 1 aromatic carbocycles. The molecule has 0 radical (unpaired) electrons. The van der Waals surface area contributed by atoms with Gasteiger partial charge >= 0.3 is 0 Å². The molecule has 1 aliphatic carbocycles. The van der Waals surface area contributed by atoms with Crippen LogP contribution in [0.15, 0.2) is 24.3 Å². The number of fused-ring (bicyclic) bond motifs is 1. The third kappa shape index (κ3) is 3.32. The molecule has 0 amide bonds. The van der Waals surface area contributed by atoms with E-state index < -0.39 is 0 Å². The first kappa shape index (κ1) is 12.6. The van der Waals surface area contributed by atoms with Crippen LogP contribution < -0.4 is 5.73 Å². The number of hydrogen-bond acceptors (Lipinski definition) is 1. The Hall–Kier alpha value is -0.820. The third-order valence-electron chi connectivity index (χ3n) is 3.98. The molecule has 2 rings (SSSR count). The zero-order valence-electron chi connectivity index (χ0n) is 11.0. The maximum atomic E-state index is 6.22. The van der Waals surface area contributed by atoms with E-state index in [-0.39, 0.29) is 0 Å². The predicted molar refractivity (Wildman–Crippen MR) is 74.2 cm³/mol. The molecule has 17 heavy (non-hydrogen) atoms. The zero-order chi connectivity index (χ0) is 12.1. The van der Waals surface area contributed by atoms with Crippen LogP contribution in [0, 0.1) is 0 Å². The van der Waals surface area contributed by atoms with Crippen molar-refractivity contribution in [1.82, 2.24) is 0 Å². The summed E-state index contributed by atoms with van der Waals surface area (Å²) in [5, 5.41) is 0. The van der Waals surface area contributed by atoms with Crippen LogP contribution in [-0.4, -0.2) is 6.04 Å². The van der Waals surface area contributed by atoms with Gasteiger partial charge in [0.1, 0.15) is 0 Å². The van der Waals surface area contributed by atoms with Crippen LogP contribution >= 0.6 is 0 Å². The zero-order valence-corrected chi connectivity index (χ0v) is 11.0. The van der Waals surface area contributed by atoms with E-state index in [9.17, 15) is 0 Å². The molecule has 0 heterocycles. The quantitative estimate of drug-likeness (QED) is 0.705. The lowest BCUT2D eigenvalue weighted by Gasteiger charge is -2.32. The second-order valence-electron chi connectivity index (χ2n) is 5.44. The van der Waals surface area contributed by atoms with E-state index in [1.165, 1.54) is 50.5 Å². The van der Waals surface area contributed by atoms with E-state index in [2.05, 4.69) is 31.2 Å². The summed E-state index contributed by atoms with van der Waals surface area (Å²) >= 11 is 0. The summed E-state index contributed by atoms with van der Waals surface area (Å²) in [6, 6.07) is 9.22. The van der Waals surface area contributed by atoms with E-state index in [0.29, 0.717) is 6.04 Å². The van der Waals surface area contributed by atoms with Gasteiger partial charge in [-0.05, 0) is 36.3 Å². The fourth-order valence-corrected chi connectivity index (χ4v) is 2.89. The van der Waals surface area contributed by atoms with Crippen molar-refractivity contribution in [3.8, 4) is 0 Å². The molecule has 2 unspecified atom stereocenters. The molecule has 1 aromatic rings. The lowest BCUT2D eigenvalue weighted by Crippen LogP contribution is -2.27. The first-order valence-electron chi connectivity index (χ1n) is 7.14. The summed E-state index contributed by atoms with van der Waals surface area (Å²) in [5.74, 6) is 0.743. The molecular weight excluding hydrogens is 206 g/mol. The second kappa shape index (κ2) is 6.20. The van der Waals surface area contributed by atoms with Crippen molar-refractivity contribution < 1.29 is 0 Å². The van der Waals surface area contributed by atoms with E-state index >= 15 is 0 Å². The molecule has 94 valence electrons. The summed E-state index contributed by atoms with van der Waals surface area (Å²) in [7, 11) is 0. The summed E-state index contributed by atoms with van der Waals surface area (Å²) < 4.78 is 0. The summed E-state index contributed by atoms with van der Waals surface area (Å²) in [6.45, 7) is 2.26. The Bertz CT molecular complexity index is 345. The molecule has 0 spiro atoms. The van der Waals surface area contributed by atoms with Crippen molar-refractivity contribution in [2.45, 2.75) is 63.8 Å². The molecule has 2 N–H and O–H groups in total. The molecule has 0 saturated carbocycles. The van der Waals surface area contributed by atoms with Gasteiger partial charge in [0.25, 0.3) is 0 Å². The van der Waals surface area contributed by atoms with Gasteiger partial charge in [-0.2, -0.15) is 0 Å². The van der Waals surface area contributed by atoms with Crippen molar-refractivity contribution in [3.05, 3.63) is 35.4 Å². The van der Waals surface area contributed by atoms with E-state index in [4.69, 9.17) is 5.73 Å². The number of rotatable bonds is 7. The van der Waals surface area contributed by atoms with Crippen molar-refractivity contribution in [3.63, 3.8) is 0 Å². The van der Waals surface area contributed by atoms with Crippen molar-refractivity contribution in [2.75, 3.05) is 0 Å². The SMILES string of the molecule is CCCCCCC(N)CC1Cc2ccccc21. The lowest BCUT2D eigenvalue weighted by molar-refractivity contribution is 0.450. The van der Waals surface area contributed by atoms with Gasteiger partial charge in [-0.15, -0.1) is 0 Å². The van der Waals surface area contributed by atoms with Gasteiger partial charge in [-0.3, -0.25) is 0 Å². The third-order valence-corrected chi connectivity index (χ3v) is 3.98. The highest BCUT2D eigenvalue weighted by molar-refractivity contribution is 5.39. The van der Waals surface area contributed by atoms with E-state index in [1.54, 1.807) is 5.56 Å². The minimum atomic E-state index is 0.408. The summed E-state index contributed by atoms with van der Waals surface area (Å²) in [4.78, 5) is 0. The van der Waals surface area contributed by atoms with Crippen LogP contribution in [0.2, 0.25) is 0 Å². The average Bonchev–Trinajstić information content (AvgIpc) is 2.32. The fraction of sp³-hybridized carbons (Fsp3) is 0.625. The number of benzene rings is 1. The molecule has 1 heteroatoms. The molecule has 0 bridgehead atoms. The van der Waals surface area contributed by atoms with Gasteiger partial charge in [-0.1, -0.05) is 56.9 Å². The molecule has 0 aromatic heterocycles. The predicted octanol–water partition coefficient (Wildman–Crippen LogP) is 4.01. The Labute approximate surface area is 105 Å². The standard InChI is InChI=1S/C16H25N/c1-2-3-4-5-9-15(17)12-14-11-13-8-6-7-10-16(13)14/h6-8,10,14-15H,2-5,9,11-12,17H2,1H3. The van der Waals surface area contributed by atoms with Gasteiger partial charge in [0.05, 0.1) is 0 Å². The van der Waals surface area contributed by atoms with E-state index in [1.807, 2.05) is 0 Å². The van der Waals surface area contributed by atoms with Crippen LogP contribution in [0.25, 0.3) is 0 Å². The van der Waals surface area contributed by atoms with Crippen LogP contribution in [0.5, 0.6) is 0 Å². The molecule has 0 fully saturated rings. The number of unbranched alkanes of at least 4 members (excludes halogenated alkanes) is 3. The van der Waals surface area contributed by atoms with Crippen LogP contribution in [0.1, 0.15) is 62.5 Å². The minimum absolute atomic E-state index is 0.408. The first-order chi connectivity index (χ1) is 8.31. The minimum Gasteiger partial charge on any atom is -0.328 e. The average molecular weight is 231 g/mol. The second-order valence-corrected chi connectivity index (χ2v) is 5.44.